The van der Waals surface area contributed by atoms with Crippen molar-refractivity contribution in [2.24, 2.45) is 0 Å². The Morgan fingerprint density at radius 3 is 2.38 bits per heavy atom. The van der Waals surface area contributed by atoms with Crippen LogP contribution in [0.3, 0.4) is 0 Å². The number of rotatable bonds is 3. The lowest BCUT2D eigenvalue weighted by molar-refractivity contribution is 0.0698. The smallest absolute Gasteiger partial charge is 0.253 e. The van der Waals surface area contributed by atoms with Gasteiger partial charge in [-0.05, 0) is 62.1 Å². The Morgan fingerprint density at radius 1 is 1.04 bits per heavy atom. The van der Waals surface area contributed by atoms with Crippen LogP contribution in [-0.4, -0.2) is 35.8 Å². The van der Waals surface area contributed by atoms with Gasteiger partial charge >= 0.3 is 0 Å². The third kappa shape index (κ3) is 4.07. The molecule has 3 rings (SSSR count). The number of carbonyl (C=O) groups excluding carboxylic acids is 2. The van der Waals surface area contributed by atoms with Gasteiger partial charge in [-0.15, -0.1) is 0 Å². The Hall–Kier alpha value is -2.33. The lowest BCUT2D eigenvalue weighted by Gasteiger charge is -2.32. The van der Waals surface area contributed by atoms with E-state index in [0.29, 0.717) is 23.7 Å². The molecule has 0 aliphatic carbocycles. The van der Waals surface area contributed by atoms with Gasteiger partial charge in [0.25, 0.3) is 11.8 Å². The summed E-state index contributed by atoms with van der Waals surface area (Å²) in [6, 6.07) is 12.9. The first-order valence-electron chi connectivity index (χ1n) is 8.87. The average Bonchev–Trinajstić information content (AvgIpc) is 2.64. The van der Waals surface area contributed by atoms with E-state index in [9.17, 15) is 9.59 Å². The van der Waals surface area contributed by atoms with E-state index in [1.807, 2.05) is 36.9 Å². The van der Waals surface area contributed by atoms with Crippen molar-refractivity contribution in [2.75, 3.05) is 13.1 Å². The van der Waals surface area contributed by atoms with Crippen LogP contribution in [0.1, 0.15) is 44.7 Å². The van der Waals surface area contributed by atoms with Crippen molar-refractivity contribution in [3.05, 3.63) is 69.7 Å². The molecule has 1 aliphatic rings. The minimum Gasteiger partial charge on any atom is -0.349 e. The molecule has 1 fully saturated rings. The number of benzene rings is 2. The molecule has 4 nitrogen and oxygen atoms in total. The van der Waals surface area contributed by atoms with Crippen LogP contribution in [-0.2, 0) is 0 Å². The summed E-state index contributed by atoms with van der Waals surface area (Å²) in [7, 11) is 0. The zero-order valence-electron chi connectivity index (χ0n) is 15.1. The predicted molar refractivity (Wildman–Crippen MR) is 104 cm³/mol. The molecule has 2 aromatic rings. The number of hydrogen-bond donors (Lipinski definition) is 1. The fraction of sp³-hybridized carbons (Fsp3) is 0.333. The standard InChI is InChI=1S/C21H23ClN2O2/c1-14-7-8-16(13-15(14)2)21(26)24-11-9-17(10-12-24)23-20(25)18-5-3-4-6-19(18)22/h3-8,13,17H,9-12H2,1-2H3,(H,23,25). The molecule has 0 aromatic heterocycles. The number of likely N-dealkylation sites (tertiary alicyclic amines) is 1. The molecular weight excluding hydrogens is 348 g/mol. The maximum Gasteiger partial charge on any atom is 0.253 e. The lowest BCUT2D eigenvalue weighted by Crippen LogP contribution is -2.46. The Morgan fingerprint density at radius 2 is 1.73 bits per heavy atom. The lowest BCUT2D eigenvalue weighted by atomic mass is 10.0. The molecule has 26 heavy (non-hydrogen) atoms. The highest BCUT2D eigenvalue weighted by Gasteiger charge is 2.25. The van der Waals surface area contributed by atoms with Crippen molar-refractivity contribution in [1.29, 1.82) is 0 Å². The summed E-state index contributed by atoms with van der Waals surface area (Å²) >= 11 is 6.08. The van der Waals surface area contributed by atoms with Crippen LogP contribution in [0.25, 0.3) is 0 Å². The van der Waals surface area contributed by atoms with E-state index < -0.39 is 0 Å². The zero-order valence-corrected chi connectivity index (χ0v) is 15.8. The average molecular weight is 371 g/mol. The molecule has 1 heterocycles. The second kappa shape index (κ2) is 7.92. The molecule has 136 valence electrons. The van der Waals surface area contributed by atoms with Gasteiger partial charge in [0, 0.05) is 24.7 Å². The third-order valence-electron chi connectivity index (χ3n) is 4.99. The normalized spacial score (nSPS) is 15.0. The monoisotopic (exact) mass is 370 g/mol. The van der Waals surface area contributed by atoms with Crippen LogP contribution >= 0.6 is 11.6 Å². The zero-order chi connectivity index (χ0) is 18.7. The fourth-order valence-corrected chi connectivity index (χ4v) is 3.41. The highest BCUT2D eigenvalue weighted by Crippen LogP contribution is 2.18. The SMILES string of the molecule is Cc1ccc(C(=O)N2CCC(NC(=O)c3ccccc3Cl)CC2)cc1C. The highest BCUT2D eigenvalue weighted by atomic mass is 35.5. The summed E-state index contributed by atoms with van der Waals surface area (Å²) in [5, 5.41) is 3.48. The fourth-order valence-electron chi connectivity index (χ4n) is 3.19. The van der Waals surface area contributed by atoms with Crippen molar-refractivity contribution in [3.63, 3.8) is 0 Å². The number of carbonyl (C=O) groups is 2. The van der Waals surface area contributed by atoms with E-state index in [-0.39, 0.29) is 17.9 Å². The maximum atomic E-state index is 12.7. The molecule has 0 radical (unpaired) electrons. The molecule has 2 aromatic carbocycles. The van der Waals surface area contributed by atoms with Gasteiger partial charge in [0.15, 0.2) is 0 Å². The first kappa shape index (κ1) is 18.5. The summed E-state index contributed by atoms with van der Waals surface area (Å²) in [5.74, 6) is -0.0986. The molecule has 0 unspecified atom stereocenters. The molecule has 0 atom stereocenters. The topological polar surface area (TPSA) is 49.4 Å². The van der Waals surface area contributed by atoms with E-state index in [0.717, 1.165) is 24.0 Å². The van der Waals surface area contributed by atoms with Gasteiger partial charge in [-0.25, -0.2) is 0 Å². The van der Waals surface area contributed by atoms with Gasteiger partial charge < -0.3 is 10.2 Å². The van der Waals surface area contributed by atoms with E-state index in [1.165, 1.54) is 5.56 Å². The highest BCUT2D eigenvalue weighted by molar-refractivity contribution is 6.33. The van der Waals surface area contributed by atoms with Crippen molar-refractivity contribution in [3.8, 4) is 0 Å². The second-order valence-corrected chi connectivity index (χ2v) is 7.23. The summed E-state index contributed by atoms with van der Waals surface area (Å²) < 4.78 is 0. The number of halogens is 1. The van der Waals surface area contributed by atoms with Gasteiger partial charge in [-0.2, -0.15) is 0 Å². The Labute approximate surface area is 159 Å². The number of hydrogen-bond acceptors (Lipinski definition) is 2. The number of piperidine rings is 1. The van der Waals surface area contributed by atoms with Crippen molar-refractivity contribution >= 4 is 23.4 Å². The molecule has 0 bridgehead atoms. The van der Waals surface area contributed by atoms with Crippen molar-refractivity contribution < 1.29 is 9.59 Å². The number of amides is 2. The van der Waals surface area contributed by atoms with E-state index in [2.05, 4.69) is 5.32 Å². The molecule has 0 spiro atoms. The van der Waals surface area contributed by atoms with E-state index in [4.69, 9.17) is 11.6 Å². The van der Waals surface area contributed by atoms with E-state index >= 15 is 0 Å². The van der Waals surface area contributed by atoms with Crippen LogP contribution in [0.2, 0.25) is 5.02 Å². The minimum absolute atomic E-state index is 0.0579. The summed E-state index contributed by atoms with van der Waals surface area (Å²) in [6.07, 6.45) is 1.49. The molecule has 5 heteroatoms. The maximum absolute atomic E-state index is 12.7. The second-order valence-electron chi connectivity index (χ2n) is 6.82. The minimum atomic E-state index is -0.158. The molecule has 0 saturated carbocycles. The summed E-state index contributed by atoms with van der Waals surface area (Å²) in [4.78, 5) is 26.9. The van der Waals surface area contributed by atoms with E-state index in [1.54, 1.807) is 24.3 Å². The van der Waals surface area contributed by atoms with Gasteiger partial charge in [-0.1, -0.05) is 29.8 Å². The number of nitrogens with zero attached hydrogens (tertiary/aromatic N) is 1. The number of nitrogens with one attached hydrogen (secondary N) is 1. The van der Waals surface area contributed by atoms with Gasteiger partial charge in [-0.3, -0.25) is 9.59 Å². The first-order valence-corrected chi connectivity index (χ1v) is 9.25. The first-order chi connectivity index (χ1) is 12.5. The van der Waals surface area contributed by atoms with Crippen LogP contribution in [0.15, 0.2) is 42.5 Å². The largest absolute Gasteiger partial charge is 0.349 e. The summed E-state index contributed by atoms with van der Waals surface area (Å²) in [6.45, 7) is 5.33. The Balaban J connectivity index is 1.57. The van der Waals surface area contributed by atoms with Crippen LogP contribution in [0.4, 0.5) is 0 Å². The molecule has 1 aliphatic heterocycles. The molecule has 2 amide bonds. The predicted octanol–water partition coefficient (Wildman–Crippen LogP) is 3.99. The molecular formula is C21H23ClN2O2. The van der Waals surface area contributed by atoms with Gasteiger partial charge in [0.2, 0.25) is 0 Å². The van der Waals surface area contributed by atoms with Crippen LogP contribution < -0.4 is 5.32 Å². The van der Waals surface area contributed by atoms with Crippen LogP contribution in [0, 0.1) is 13.8 Å². The quantitative estimate of drug-likeness (QED) is 0.888. The van der Waals surface area contributed by atoms with Gasteiger partial charge in [0.05, 0.1) is 10.6 Å². The summed E-state index contributed by atoms with van der Waals surface area (Å²) in [5.41, 5.74) is 3.52. The molecule has 1 saturated heterocycles. The Bertz CT molecular complexity index is 827. The molecule has 1 N–H and O–H groups in total. The van der Waals surface area contributed by atoms with Crippen LogP contribution in [0.5, 0.6) is 0 Å². The third-order valence-corrected chi connectivity index (χ3v) is 5.32. The number of aryl methyl sites for hydroxylation is 2. The Kier molecular flexibility index (Phi) is 5.62. The van der Waals surface area contributed by atoms with Crippen molar-refractivity contribution in [2.45, 2.75) is 32.7 Å². The van der Waals surface area contributed by atoms with Gasteiger partial charge in [0.1, 0.15) is 0 Å². The van der Waals surface area contributed by atoms with Crippen molar-refractivity contribution in [1.82, 2.24) is 10.2 Å².